The van der Waals surface area contributed by atoms with Crippen molar-refractivity contribution in [2.24, 2.45) is 0 Å². The molecule has 0 bridgehead atoms. The van der Waals surface area contributed by atoms with Crippen LogP contribution in [0.5, 0.6) is 5.75 Å². The lowest BCUT2D eigenvalue weighted by Crippen LogP contribution is -1.98. The SMILES string of the molecule is C=CCc1cccc(O)c1C1CCCC1. The van der Waals surface area contributed by atoms with Gasteiger partial charge in [0.25, 0.3) is 0 Å². The van der Waals surface area contributed by atoms with Crippen LogP contribution in [0.2, 0.25) is 0 Å². The fourth-order valence-electron chi connectivity index (χ4n) is 2.62. The van der Waals surface area contributed by atoms with Crippen LogP contribution in [0.25, 0.3) is 0 Å². The van der Waals surface area contributed by atoms with Crippen LogP contribution >= 0.6 is 0 Å². The Morgan fingerprint density at radius 3 is 2.73 bits per heavy atom. The summed E-state index contributed by atoms with van der Waals surface area (Å²) >= 11 is 0. The maximum Gasteiger partial charge on any atom is 0.119 e. The van der Waals surface area contributed by atoms with Gasteiger partial charge in [-0.25, -0.2) is 0 Å². The van der Waals surface area contributed by atoms with Gasteiger partial charge in [-0.2, -0.15) is 0 Å². The zero-order valence-electron chi connectivity index (χ0n) is 9.08. The second-order valence-electron chi connectivity index (χ2n) is 4.32. The van der Waals surface area contributed by atoms with Crippen LogP contribution in [0.3, 0.4) is 0 Å². The lowest BCUT2D eigenvalue weighted by atomic mass is 9.90. The van der Waals surface area contributed by atoms with Crippen LogP contribution in [-0.4, -0.2) is 5.11 Å². The summed E-state index contributed by atoms with van der Waals surface area (Å²) < 4.78 is 0. The van der Waals surface area contributed by atoms with Crippen molar-refractivity contribution in [2.75, 3.05) is 0 Å². The summed E-state index contributed by atoms with van der Waals surface area (Å²) in [5.74, 6) is 1.04. The molecular formula is C14H18O. The molecule has 0 unspecified atom stereocenters. The van der Waals surface area contributed by atoms with Gasteiger partial charge in [-0.3, -0.25) is 0 Å². The van der Waals surface area contributed by atoms with Gasteiger partial charge in [0, 0.05) is 5.56 Å². The van der Waals surface area contributed by atoms with E-state index in [0.29, 0.717) is 11.7 Å². The highest BCUT2D eigenvalue weighted by atomic mass is 16.3. The summed E-state index contributed by atoms with van der Waals surface area (Å²) in [5, 5.41) is 9.94. The highest BCUT2D eigenvalue weighted by Crippen LogP contribution is 2.40. The van der Waals surface area contributed by atoms with E-state index in [4.69, 9.17) is 0 Å². The van der Waals surface area contributed by atoms with E-state index in [2.05, 4.69) is 12.6 Å². The first kappa shape index (κ1) is 10.3. The highest BCUT2D eigenvalue weighted by molar-refractivity contribution is 5.43. The minimum absolute atomic E-state index is 0.473. The third-order valence-electron chi connectivity index (χ3n) is 3.30. The summed E-state index contributed by atoms with van der Waals surface area (Å²) in [4.78, 5) is 0. The number of aromatic hydroxyl groups is 1. The number of benzene rings is 1. The molecule has 1 heteroatoms. The van der Waals surface area contributed by atoms with E-state index in [1.54, 1.807) is 6.07 Å². The van der Waals surface area contributed by atoms with Crippen molar-refractivity contribution >= 4 is 0 Å². The van der Waals surface area contributed by atoms with Gasteiger partial charge in [0.1, 0.15) is 5.75 Å². The molecule has 0 aromatic heterocycles. The summed E-state index contributed by atoms with van der Waals surface area (Å²) in [6.07, 6.45) is 7.82. The first-order valence-corrected chi connectivity index (χ1v) is 5.74. The molecule has 1 fully saturated rings. The second kappa shape index (κ2) is 4.52. The van der Waals surface area contributed by atoms with E-state index in [1.807, 2.05) is 12.1 Å². The van der Waals surface area contributed by atoms with Crippen molar-refractivity contribution in [3.05, 3.63) is 42.0 Å². The molecule has 1 aromatic carbocycles. The van der Waals surface area contributed by atoms with Crippen molar-refractivity contribution in [2.45, 2.75) is 38.0 Å². The zero-order chi connectivity index (χ0) is 10.7. The van der Waals surface area contributed by atoms with Crippen LogP contribution in [0.15, 0.2) is 30.9 Å². The van der Waals surface area contributed by atoms with Gasteiger partial charge in [0.2, 0.25) is 0 Å². The Labute approximate surface area is 91.4 Å². The molecule has 0 spiro atoms. The maximum atomic E-state index is 9.94. The van der Waals surface area contributed by atoms with E-state index in [0.717, 1.165) is 6.42 Å². The normalized spacial score (nSPS) is 16.8. The number of hydrogen-bond acceptors (Lipinski definition) is 1. The molecule has 2 rings (SSSR count). The molecule has 15 heavy (non-hydrogen) atoms. The molecule has 0 atom stereocenters. The molecule has 0 amide bonds. The third-order valence-corrected chi connectivity index (χ3v) is 3.30. The van der Waals surface area contributed by atoms with Gasteiger partial charge in [-0.1, -0.05) is 31.1 Å². The monoisotopic (exact) mass is 202 g/mol. The molecule has 1 aliphatic carbocycles. The summed E-state index contributed by atoms with van der Waals surface area (Å²) in [6.45, 7) is 3.77. The molecule has 0 saturated heterocycles. The van der Waals surface area contributed by atoms with Gasteiger partial charge < -0.3 is 5.11 Å². The third kappa shape index (κ3) is 2.06. The first-order valence-electron chi connectivity index (χ1n) is 5.74. The number of rotatable bonds is 3. The smallest absolute Gasteiger partial charge is 0.119 e. The molecule has 0 radical (unpaired) electrons. The van der Waals surface area contributed by atoms with Gasteiger partial charge in [0.15, 0.2) is 0 Å². The van der Waals surface area contributed by atoms with Gasteiger partial charge in [-0.15, -0.1) is 6.58 Å². The van der Waals surface area contributed by atoms with Crippen molar-refractivity contribution < 1.29 is 5.11 Å². The summed E-state index contributed by atoms with van der Waals surface area (Å²) in [7, 11) is 0. The predicted molar refractivity (Wildman–Crippen MR) is 63.2 cm³/mol. The van der Waals surface area contributed by atoms with Gasteiger partial charge in [0.05, 0.1) is 0 Å². The number of phenols is 1. The minimum Gasteiger partial charge on any atom is -0.508 e. The Kier molecular flexibility index (Phi) is 3.10. The van der Waals surface area contributed by atoms with Crippen LogP contribution in [0.4, 0.5) is 0 Å². The Morgan fingerprint density at radius 1 is 1.33 bits per heavy atom. The second-order valence-corrected chi connectivity index (χ2v) is 4.32. The molecule has 80 valence electrons. The van der Waals surface area contributed by atoms with Crippen LogP contribution in [0.1, 0.15) is 42.7 Å². The molecule has 0 heterocycles. The van der Waals surface area contributed by atoms with E-state index < -0.39 is 0 Å². The molecule has 1 saturated carbocycles. The number of phenolic OH excluding ortho intramolecular Hbond substituents is 1. The summed E-state index contributed by atoms with van der Waals surface area (Å²) in [6, 6.07) is 5.84. The topological polar surface area (TPSA) is 20.2 Å². The van der Waals surface area contributed by atoms with E-state index in [9.17, 15) is 5.11 Å². The molecule has 1 aliphatic rings. The van der Waals surface area contributed by atoms with E-state index in [1.165, 1.54) is 36.8 Å². The molecule has 1 aromatic rings. The van der Waals surface area contributed by atoms with Crippen LogP contribution in [0, 0.1) is 0 Å². The Hall–Kier alpha value is -1.24. The van der Waals surface area contributed by atoms with Gasteiger partial charge >= 0.3 is 0 Å². The van der Waals surface area contributed by atoms with Crippen LogP contribution in [-0.2, 0) is 6.42 Å². The zero-order valence-corrected chi connectivity index (χ0v) is 9.08. The lowest BCUT2D eigenvalue weighted by Gasteiger charge is -2.16. The molecule has 1 N–H and O–H groups in total. The average Bonchev–Trinajstić information content (AvgIpc) is 2.71. The number of hydrogen-bond donors (Lipinski definition) is 1. The van der Waals surface area contributed by atoms with Crippen molar-refractivity contribution in [3.8, 4) is 5.75 Å². The Balaban J connectivity index is 2.36. The summed E-state index contributed by atoms with van der Waals surface area (Å²) in [5.41, 5.74) is 2.42. The molecule has 1 nitrogen and oxygen atoms in total. The highest BCUT2D eigenvalue weighted by Gasteiger charge is 2.22. The first-order chi connectivity index (χ1) is 7.33. The fraction of sp³-hybridized carbons (Fsp3) is 0.429. The lowest BCUT2D eigenvalue weighted by molar-refractivity contribution is 0.460. The van der Waals surface area contributed by atoms with E-state index in [-0.39, 0.29) is 0 Å². The quantitative estimate of drug-likeness (QED) is 0.739. The Bertz CT molecular complexity index is 348. The molecule has 0 aliphatic heterocycles. The minimum atomic E-state index is 0.473. The predicted octanol–water partition coefficient (Wildman–Crippen LogP) is 3.78. The Morgan fingerprint density at radius 2 is 2.07 bits per heavy atom. The van der Waals surface area contributed by atoms with Crippen molar-refractivity contribution in [1.29, 1.82) is 0 Å². The number of allylic oxidation sites excluding steroid dienone is 1. The maximum absolute atomic E-state index is 9.94. The molecular weight excluding hydrogens is 184 g/mol. The van der Waals surface area contributed by atoms with Gasteiger partial charge in [-0.05, 0) is 36.8 Å². The van der Waals surface area contributed by atoms with Crippen molar-refractivity contribution in [3.63, 3.8) is 0 Å². The van der Waals surface area contributed by atoms with Crippen molar-refractivity contribution in [1.82, 2.24) is 0 Å². The van der Waals surface area contributed by atoms with Crippen LogP contribution < -0.4 is 0 Å². The largest absolute Gasteiger partial charge is 0.508 e. The fourth-order valence-corrected chi connectivity index (χ4v) is 2.62. The average molecular weight is 202 g/mol. The van der Waals surface area contributed by atoms with E-state index >= 15 is 0 Å². The standard InChI is InChI=1S/C14H18O/c1-2-6-11-9-5-10-13(15)14(11)12-7-3-4-8-12/h2,5,9-10,12,15H,1,3-4,6-8H2.